The zero-order valence-corrected chi connectivity index (χ0v) is 13.0. The topological polar surface area (TPSA) is 15.3 Å². The lowest BCUT2D eigenvalue weighted by Gasteiger charge is -2.48. The highest BCUT2D eigenvalue weighted by atomic mass is 15.3. The summed E-state index contributed by atoms with van der Waals surface area (Å²) in [6.45, 7) is 2.30. The molecule has 112 valence electrons. The highest BCUT2D eigenvalue weighted by Crippen LogP contribution is 2.60. The van der Waals surface area contributed by atoms with Gasteiger partial charge < -0.3 is 5.32 Å². The first kappa shape index (κ1) is 12.9. The van der Waals surface area contributed by atoms with Gasteiger partial charge in [-0.2, -0.15) is 0 Å². The molecule has 2 aromatic rings. The van der Waals surface area contributed by atoms with Gasteiger partial charge in [0.05, 0.1) is 6.04 Å². The summed E-state index contributed by atoms with van der Waals surface area (Å²) in [6, 6.07) is 19.4. The molecule has 0 amide bonds. The standard InChI is InChI=1S/C20H22N2/c1-21-14-12-22(13-14)19-15-6-2-4-8-17(15)20(10-11-20)18-9-5-3-7-16(18)19/h2-9,14,19,21H,10-13H2,1H3. The Morgan fingerprint density at radius 3 is 1.95 bits per heavy atom. The molecule has 1 N–H and O–H groups in total. The summed E-state index contributed by atoms with van der Waals surface area (Å²) in [6.07, 6.45) is 2.62. The van der Waals surface area contributed by atoms with E-state index in [-0.39, 0.29) is 0 Å². The van der Waals surface area contributed by atoms with E-state index < -0.39 is 0 Å². The van der Waals surface area contributed by atoms with Gasteiger partial charge in [-0.1, -0.05) is 48.5 Å². The van der Waals surface area contributed by atoms with Crippen molar-refractivity contribution in [1.29, 1.82) is 0 Å². The van der Waals surface area contributed by atoms with Crippen LogP contribution in [0.3, 0.4) is 0 Å². The molecule has 1 heterocycles. The van der Waals surface area contributed by atoms with Gasteiger partial charge in [0, 0.05) is 24.5 Å². The molecule has 2 aromatic carbocycles. The molecule has 1 saturated heterocycles. The van der Waals surface area contributed by atoms with Crippen LogP contribution in [0.25, 0.3) is 0 Å². The smallest absolute Gasteiger partial charge is 0.0608 e. The Balaban J connectivity index is 1.67. The number of rotatable bonds is 2. The Bertz CT molecular complexity index is 676. The molecule has 3 aliphatic rings. The van der Waals surface area contributed by atoms with Gasteiger partial charge in [-0.15, -0.1) is 0 Å². The summed E-state index contributed by atoms with van der Waals surface area (Å²) in [5.41, 5.74) is 6.61. The molecule has 0 atom stereocenters. The molecule has 2 fully saturated rings. The second-order valence-electron chi connectivity index (χ2n) is 7.10. The van der Waals surface area contributed by atoms with E-state index >= 15 is 0 Å². The number of likely N-dealkylation sites (N-methyl/N-ethyl adjacent to an activating group) is 1. The normalized spacial score (nSPS) is 23.0. The molecule has 5 rings (SSSR count). The highest BCUT2D eigenvalue weighted by Gasteiger charge is 2.53. The fraction of sp³-hybridized carbons (Fsp3) is 0.400. The van der Waals surface area contributed by atoms with Gasteiger partial charge in [0.15, 0.2) is 0 Å². The van der Waals surface area contributed by atoms with Crippen molar-refractivity contribution in [1.82, 2.24) is 10.2 Å². The first-order chi connectivity index (χ1) is 10.8. The average molecular weight is 290 g/mol. The molecular formula is C20H22N2. The SMILES string of the molecule is CNC1CN(C2c3ccccc3C3(CC3)c3ccccc32)C1. The van der Waals surface area contributed by atoms with Crippen molar-refractivity contribution in [3.05, 3.63) is 70.8 Å². The Morgan fingerprint density at radius 1 is 0.909 bits per heavy atom. The number of nitrogens with one attached hydrogen (secondary N) is 1. The third kappa shape index (κ3) is 1.57. The molecule has 2 heteroatoms. The molecular weight excluding hydrogens is 268 g/mol. The average Bonchev–Trinajstić information content (AvgIpc) is 3.31. The second kappa shape index (κ2) is 4.43. The maximum absolute atomic E-state index is 3.41. The third-order valence-electron chi connectivity index (χ3n) is 5.98. The van der Waals surface area contributed by atoms with E-state index in [0.29, 0.717) is 17.5 Å². The summed E-state index contributed by atoms with van der Waals surface area (Å²) in [5, 5.41) is 3.41. The Labute approximate surface area is 132 Å². The molecule has 1 saturated carbocycles. The molecule has 2 nitrogen and oxygen atoms in total. The summed E-state index contributed by atoms with van der Waals surface area (Å²) in [5.74, 6) is 0. The van der Waals surface area contributed by atoms with Crippen LogP contribution in [0.15, 0.2) is 48.5 Å². The van der Waals surface area contributed by atoms with Gasteiger partial charge >= 0.3 is 0 Å². The van der Waals surface area contributed by atoms with Gasteiger partial charge in [0.25, 0.3) is 0 Å². The summed E-state index contributed by atoms with van der Waals surface area (Å²) in [4.78, 5) is 2.63. The van der Waals surface area contributed by atoms with Crippen molar-refractivity contribution >= 4 is 0 Å². The fourth-order valence-corrected chi connectivity index (χ4v) is 4.62. The lowest BCUT2D eigenvalue weighted by atomic mass is 9.72. The first-order valence-corrected chi connectivity index (χ1v) is 8.43. The van der Waals surface area contributed by atoms with Gasteiger partial charge in [-0.3, -0.25) is 4.90 Å². The van der Waals surface area contributed by atoms with Crippen molar-refractivity contribution in [2.24, 2.45) is 0 Å². The van der Waals surface area contributed by atoms with Crippen LogP contribution < -0.4 is 5.32 Å². The molecule has 0 unspecified atom stereocenters. The molecule has 1 aliphatic heterocycles. The maximum Gasteiger partial charge on any atom is 0.0608 e. The molecule has 1 spiro atoms. The van der Waals surface area contributed by atoms with Crippen molar-refractivity contribution in [2.45, 2.75) is 30.3 Å². The Morgan fingerprint density at radius 2 is 1.45 bits per heavy atom. The molecule has 0 radical (unpaired) electrons. The number of likely N-dealkylation sites (tertiary alicyclic amines) is 1. The van der Waals surface area contributed by atoms with Gasteiger partial charge in [-0.05, 0) is 42.1 Å². The monoisotopic (exact) mass is 290 g/mol. The van der Waals surface area contributed by atoms with E-state index in [9.17, 15) is 0 Å². The van der Waals surface area contributed by atoms with Crippen LogP contribution in [-0.2, 0) is 5.41 Å². The van der Waals surface area contributed by atoms with E-state index in [0.717, 1.165) is 13.1 Å². The molecule has 2 aliphatic carbocycles. The lowest BCUT2D eigenvalue weighted by molar-refractivity contribution is 0.0951. The van der Waals surface area contributed by atoms with Crippen LogP contribution in [0.4, 0.5) is 0 Å². The summed E-state index contributed by atoms with van der Waals surface area (Å²) >= 11 is 0. The number of hydrogen-bond acceptors (Lipinski definition) is 2. The van der Waals surface area contributed by atoms with Crippen LogP contribution >= 0.6 is 0 Å². The maximum atomic E-state index is 3.41. The molecule has 0 aromatic heterocycles. The van der Waals surface area contributed by atoms with Crippen LogP contribution in [0, 0.1) is 0 Å². The minimum Gasteiger partial charge on any atom is -0.315 e. The van der Waals surface area contributed by atoms with E-state index in [2.05, 4.69) is 65.8 Å². The molecule has 22 heavy (non-hydrogen) atoms. The molecule has 0 bridgehead atoms. The summed E-state index contributed by atoms with van der Waals surface area (Å²) in [7, 11) is 2.07. The largest absolute Gasteiger partial charge is 0.315 e. The number of nitrogens with zero attached hydrogens (tertiary/aromatic N) is 1. The van der Waals surface area contributed by atoms with Gasteiger partial charge in [0.1, 0.15) is 0 Å². The van der Waals surface area contributed by atoms with Crippen LogP contribution in [-0.4, -0.2) is 31.1 Å². The van der Waals surface area contributed by atoms with Gasteiger partial charge in [0.2, 0.25) is 0 Å². The number of fused-ring (bicyclic) bond motifs is 4. The van der Waals surface area contributed by atoms with Crippen molar-refractivity contribution in [3.8, 4) is 0 Å². The van der Waals surface area contributed by atoms with Crippen molar-refractivity contribution in [2.75, 3.05) is 20.1 Å². The fourth-order valence-electron chi connectivity index (χ4n) is 4.62. The van der Waals surface area contributed by atoms with Crippen LogP contribution in [0.5, 0.6) is 0 Å². The minimum absolute atomic E-state index is 0.330. The Hall–Kier alpha value is -1.64. The van der Waals surface area contributed by atoms with E-state index in [1.54, 1.807) is 22.3 Å². The predicted molar refractivity (Wildman–Crippen MR) is 89.2 cm³/mol. The zero-order valence-electron chi connectivity index (χ0n) is 13.0. The lowest BCUT2D eigenvalue weighted by Crippen LogP contribution is -2.58. The van der Waals surface area contributed by atoms with E-state index in [4.69, 9.17) is 0 Å². The van der Waals surface area contributed by atoms with E-state index in [1.165, 1.54) is 12.8 Å². The summed E-state index contributed by atoms with van der Waals surface area (Å²) < 4.78 is 0. The predicted octanol–water partition coefficient (Wildman–Crippen LogP) is 3.07. The number of benzene rings is 2. The minimum atomic E-state index is 0.330. The third-order valence-corrected chi connectivity index (χ3v) is 5.98. The first-order valence-electron chi connectivity index (χ1n) is 8.43. The quantitative estimate of drug-likeness (QED) is 0.914. The zero-order chi connectivity index (χ0) is 14.7. The van der Waals surface area contributed by atoms with Crippen LogP contribution in [0.2, 0.25) is 0 Å². The van der Waals surface area contributed by atoms with Gasteiger partial charge in [-0.25, -0.2) is 0 Å². The second-order valence-corrected chi connectivity index (χ2v) is 7.10. The van der Waals surface area contributed by atoms with Crippen LogP contribution in [0.1, 0.15) is 41.1 Å². The number of hydrogen-bond donors (Lipinski definition) is 1. The Kier molecular flexibility index (Phi) is 2.59. The highest BCUT2D eigenvalue weighted by molar-refractivity contribution is 5.59. The van der Waals surface area contributed by atoms with E-state index in [1.807, 2.05) is 0 Å². The van der Waals surface area contributed by atoms with Crippen molar-refractivity contribution in [3.63, 3.8) is 0 Å². The van der Waals surface area contributed by atoms with Crippen molar-refractivity contribution < 1.29 is 0 Å².